The van der Waals surface area contributed by atoms with Crippen LogP contribution in [-0.2, 0) is 6.42 Å². The number of benzene rings is 1. The zero-order valence-electron chi connectivity index (χ0n) is 9.74. The predicted molar refractivity (Wildman–Crippen MR) is 67.7 cm³/mol. The lowest BCUT2D eigenvalue weighted by molar-refractivity contribution is 0.421. The van der Waals surface area contributed by atoms with E-state index in [0.29, 0.717) is 6.04 Å². The molecule has 2 heteroatoms. The number of rotatable bonds is 1. The van der Waals surface area contributed by atoms with E-state index in [0.717, 1.165) is 6.54 Å². The Morgan fingerprint density at radius 2 is 2.31 bits per heavy atom. The van der Waals surface area contributed by atoms with E-state index in [2.05, 4.69) is 35.8 Å². The molecule has 3 rings (SSSR count). The number of nitrogens with two attached hydrogens (primary N) is 1. The minimum atomic E-state index is 0.503. The van der Waals surface area contributed by atoms with Crippen molar-refractivity contribution >= 4 is 10.9 Å². The Morgan fingerprint density at radius 3 is 3.12 bits per heavy atom. The van der Waals surface area contributed by atoms with Crippen LogP contribution in [0.4, 0.5) is 0 Å². The quantitative estimate of drug-likeness (QED) is 0.777. The molecule has 84 valence electrons. The van der Waals surface area contributed by atoms with Crippen LogP contribution < -0.4 is 5.73 Å². The minimum Gasteiger partial charge on any atom is -0.340 e. The van der Waals surface area contributed by atoms with Gasteiger partial charge in [-0.1, -0.05) is 12.1 Å². The van der Waals surface area contributed by atoms with Gasteiger partial charge in [0, 0.05) is 29.2 Å². The van der Waals surface area contributed by atoms with Gasteiger partial charge in [0.15, 0.2) is 0 Å². The monoisotopic (exact) mass is 214 g/mol. The molecule has 0 fully saturated rings. The van der Waals surface area contributed by atoms with Gasteiger partial charge in [-0.05, 0) is 43.9 Å². The molecule has 1 unspecified atom stereocenters. The standard InChI is InChI=1S/C14H18N2/c1-10-4-2-7-14-13(10)8-11-5-3-6-12(9-15)16(11)14/h2,4,7-8,12H,3,5-6,9,15H2,1H3. The molecular formula is C14H18N2. The Morgan fingerprint density at radius 1 is 1.44 bits per heavy atom. The second-order valence-corrected chi connectivity index (χ2v) is 4.80. The van der Waals surface area contributed by atoms with E-state index in [1.807, 2.05) is 0 Å². The highest BCUT2D eigenvalue weighted by molar-refractivity contribution is 5.84. The first-order chi connectivity index (χ1) is 7.81. The first-order valence-corrected chi connectivity index (χ1v) is 6.11. The van der Waals surface area contributed by atoms with Gasteiger partial charge in [0.1, 0.15) is 0 Å². The van der Waals surface area contributed by atoms with Crippen LogP contribution in [0.2, 0.25) is 0 Å². The molecule has 0 saturated carbocycles. The number of nitrogens with zero attached hydrogens (tertiary/aromatic N) is 1. The minimum absolute atomic E-state index is 0.503. The molecule has 1 aliphatic heterocycles. The van der Waals surface area contributed by atoms with E-state index < -0.39 is 0 Å². The number of hydrogen-bond donors (Lipinski definition) is 1. The van der Waals surface area contributed by atoms with Gasteiger partial charge in [0.05, 0.1) is 0 Å². The summed E-state index contributed by atoms with van der Waals surface area (Å²) in [6, 6.07) is 9.41. The summed E-state index contributed by atoms with van der Waals surface area (Å²) in [4.78, 5) is 0. The normalized spacial score (nSPS) is 20.0. The van der Waals surface area contributed by atoms with E-state index in [1.54, 1.807) is 0 Å². The number of aryl methyl sites for hydroxylation is 2. The molecule has 16 heavy (non-hydrogen) atoms. The molecule has 1 aromatic heterocycles. The van der Waals surface area contributed by atoms with E-state index in [1.165, 1.54) is 41.4 Å². The maximum atomic E-state index is 5.89. The van der Waals surface area contributed by atoms with E-state index in [-0.39, 0.29) is 0 Å². The molecule has 1 atom stereocenters. The first-order valence-electron chi connectivity index (χ1n) is 6.11. The highest BCUT2D eigenvalue weighted by Gasteiger charge is 2.20. The van der Waals surface area contributed by atoms with E-state index >= 15 is 0 Å². The zero-order valence-corrected chi connectivity index (χ0v) is 9.74. The second kappa shape index (κ2) is 3.63. The lowest BCUT2D eigenvalue weighted by Crippen LogP contribution is -2.24. The van der Waals surface area contributed by atoms with Crippen LogP contribution in [0.15, 0.2) is 24.3 Å². The molecule has 2 nitrogen and oxygen atoms in total. The predicted octanol–water partition coefficient (Wildman–Crippen LogP) is 2.79. The smallest absolute Gasteiger partial charge is 0.0488 e. The van der Waals surface area contributed by atoms with Crippen LogP contribution in [0.25, 0.3) is 10.9 Å². The van der Waals surface area contributed by atoms with Crippen molar-refractivity contribution in [3.8, 4) is 0 Å². The third-order valence-corrected chi connectivity index (χ3v) is 3.79. The van der Waals surface area contributed by atoms with Gasteiger partial charge in [0.2, 0.25) is 0 Å². The largest absolute Gasteiger partial charge is 0.340 e. The van der Waals surface area contributed by atoms with E-state index in [4.69, 9.17) is 5.73 Å². The molecule has 2 heterocycles. The highest BCUT2D eigenvalue weighted by Crippen LogP contribution is 2.32. The summed E-state index contributed by atoms with van der Waals surface area (Å²) < 4.78 is 2.46. The fraction of sp³-hybridized carbons (Fsp3) is 0.429. The summed E-state index contributed by atoms with van der Waals surface area (Å²) in [5, 5.41) is 1.40. The summed E-state index contributed by atoms with van der Waals surface area (Å²) in [6.45, 7) is 2.94. The molecular weight excluding hydrogens is 196 g/mol. The zero-order chi connectivity index (χ0) is 11.1. The van der Waals surface area contributed by atoms with Gasteiger partial charge in [-0.3, -0.25) is 0 Å². The van der Waals surface area contributed by atoms with Crippen molar-refractivity contribution < 1.29 is 0 Å². The Kier molecular flexibility index (Phi) is 2.25. The maximum absolute atomic E-state index is 5.89. The van der Waals surface area contributed by atoms with Crippen LogP contribution in [0, 0.1) is 6.92 Å². The Hall–Kier alpha value is -1.28. The van der Waals surface area contributed by atoms with Gasteiger partial charge < -0.3 is 10.3 Å². The molecule has 0 aliphatic carbocycles. The Balaban J connectivity index is 2.30. The molecule has 2 aromatic rings. The average Bonchev–Trinajstić information content (AvgIpc) is 2.69. The van der Waals surface area contributed by atoms with Gasteiger partial charge in [-0.2, -0.15) is 0 Å². The molecule has 2 N–H and O–H groups in total. The molecule has 0 bridgehead atoms. The van der Waals surface area contributed by atoms with Crippen LogP contribution in [0.3, 0.4) is 0 Å². The third kappa shape index (κ3) is 1.30. The SMILES string of the molecule is Cc1cccc2c1cc1n2C(CN)CCC1. The molecule has 0 amide bonds. The maximum Gasteiger partial charge on any atom is 0.0488 e. The fourth-order valence-corrected chi connectivity index (χ4v) is 2.95. The van der Waals surface area contributed by atoms with Crippen molar-refractivity contribution in [3.05, 3.63) is 35.5 Å². The van der Waals surface area contributed by atoms with Crippen LogP contribution in [-0.4, -0.2) is 11.1 Å². The highest BCUT2D eigenvalue weighted by atomic mass is 15.0. The summed E-state index contributed by atoms with van der Waals surface area (Å²) in [7, 11) is 0. The van der Waals surface area contributed by atoms with Crippen LogP contribution in [0.1, 0.15) is 30.1 Å². The molecule has 0 spiro atoms. The summed E-state index contributed by atoms with van der Waals surface area (Å²) in [6.07, 6.45) is 3.70. The van der Waals surface area contributed by atoms with Gasteiger partial charge in [0.25, 0.3) is 0 Å². The lowest BCUT2D eigenvalue weighted by atomic mass is 10.0. The van der Waals surface area contributed by atoms with Crippen molar-refractivity contribution in [1.82, 2.24) is 4.57 Å². The second-order valence-electron chi connectivity index (χ2n) is 4.80. The average molecular weight is 214 g/mol. The van der Waals surface area contributed by atoms with Crippen molar-refractivity contribution in [2.45, 2.75) is 32.2 Å². The summed E-state index contributed by atoms with van der Waals surface area (Å²) in [5.74, 6) is 0. The lowest BCUT2D eigenvalue weighted by Gasteiger charge is -2.25. The molecule has 1 aromatic carbocycles. The van der Waals surface area contributed by atoms with E-state index in [9.17, 15) is 0 Å². The molecule has 0 radical (unpaired) electrons. The Labute approximate surface area is 96.1 Å². The van der Waals surface area contributed by atoms with Crippen molar-refractivity contribution in [1.29, 1.82) is 0 Å². The van der Waals surface area contributed by atoms with Gasteiger partial charge >= 0.3 is 0 Å². The fourth-order valence-electron chi connectivity index (χ4n) is 2.95. The summed E-state index contributed by atoms with van der Waals surface area (Å²) in [5.41, 5.74) is 10.1. The Bertz CT molecular complexity index is 525. The van der Waals surface area contributed by atoms with Crippen molar-refractivity contribution in [2.75, 3.05) is 6.54 Å². The third-order valence-electron chi connectivity index (χ3n) is 3.79. The summed E-state index contributed by atoms with van der Waals surface area (Å²) >= 11 is 0. The van der Waals surface area contributed by atoms with Crippen molar-refractivity contribution in [3.63, 3.8) is 0 Å². The van der Waals surface area contributed by atoms with Gasteiger partial charge in [-0.25, -0.2) is 0 Å². The molecule has 1 aliphatic rings. The molecule has 0 saturated heterocycles. The topological polar surface area (TPSA) is 30.9 Å². The van der Waals surface area contributed by atoms with Crippen LogP contribution >= 0.6 is 0 Å². The van der Waals surface area contributed by atoms with Gasteiger partial charge in [-0.15, -0.1) is 0 Å². The first kappa shape index (κ1) is 9.91. The van der Waals surface area contributed by atoms with Crippen LogP contribution in [0.5, 0.6) is 0 Å². The number of hydrogen-bond acceptors (Lipinski definition) is 1. The van der Waals surface area contributed by atoms with Crippen molar-refractivity contribution in [2.24, 2.45) is 5.73 Å². The number of fused-ring (bicyclic) bond motifs is 3. The number of aromatic nitrogens is 1.